The van der Waals surface area contributed by atoms with Gasteiger partial charge in [-0.3, -0.25) is 4.79 Å². The molecule has 3 rings (SSSR count). The number of hydrogen-bond donors (Lipinski definition) is 1. The lowest BCUT2D eigenvalue weighted by atomic mass is 9.68. The van der Waals surface area contributed by atoms with E-state index >= 15 is 0 Å². The Balaban J connectivity index is 1.64. The highest BCUT2D eigenvalue weighted by atomic mass is 32.2. The van der Waals surface area contributed by atoms with E-state index in [-0.39, 0.29) is 11.7 Å². The zero-order chi connectivity index (χ0) is 19.7. The minimum atomic E-state index is -4.38. The highest BCUT2D eigenvalue weighted by Gasteiger charge is 2.51. The monoisotopic (exact) mass is 403 g/mol. The number of nitrogens with zero attached hydrogens (tertiary/aromatic N) is 1. The van der Waals surface area contributed by atoms with Crippen molar-refractivity contribution in [3.63, 3.8) is 0 Å². The quantitative estimate of drug-likeness (QED) is 0.807. The fourth-order valence-electron chi connectivity index (χ4n) is 4.03. The molecule has 8 heteroatoms. The van der Waals surface area contributed by atoms with Crippen LogP contribution >= 0.6 is 11.8 Å². The number of carbonyl (C=O) groups is 1. The molecule has 1 saturated heterocycles. The van der Waals surface area contributed by atoms with Crippen molar-refractivity contribution in [3.8, 4) is 5.75 Å². The van der Waals surface area contributed by atoms with Crippen LogP contribution in [0.5, 0.6) is 5.75 Å². The van der Waals surface area contributed by atoms with E-state index in [1.807, 2.05) is 6.26 Å². The number of thioether (sulfide) groups is 1. The third-order valence-electron chi connectivity index (χ3n) is 5.61. The summed E-state index contributed by atoms with van der Waals surface area (Å²) in [5.74, 6) is 0.857. The van der Waals surface area contributed by atoms with Gasteiger partial charge in [0.15, 0.2) is 6.61 Å². The summed E-state index contributed by atoms with van der Waals surface area (Å²) in [6, 6.07) is 6.15. The van der Waals surface area contributed by atoms with Gasteiger partial charge >= 0.3 is 6.18 Å². The molecule has 1 aliphatic carbocycles. The molecule has 1 aromatic rings. The second-order valence-corrected chi connectivity index (χ2v) is 8.41. The summed E-state index contributed by atoms with van der Waals surface area (Å²) >= 11 is 1.62. The van der Waals surface area contributed by atoms with Crippen molar-refractivity contribution in [2.24, 2.45) is 5.41 Å². The Kier molecular flexibility index (Phi) is 5.68. The average molecular weight is 403 g/mol. The van der Waals surface area contributed by atoms with Crippen LogP contribution in [-0.2, 0) is 4.79 Å². The molecule has 1 spiro atoms. The molecule has 0 radical (unpaired) electrons. The first kappa shape index (κ1) is 20.3. The molecule has 1 amide bonds. The maximum Gasteiger partial charge on any atom is 0.422 e. The van der Waals surface area contributed by atoms with Crippen molar-refractivity contribution in [1.82, 2.24) is 0 Å². The molecule has 1 N–H and O–H groups in total. The summed E-state index contributed by atoms with van der Waals surface area (Å²) in [5, 5.41) is 10.6. The predicted molar refractivity (Wildman–Crippen MR) is 99.2 cm³/mol. The Morgan fingerprint density at radius 1 is 1.15 bits per heavy atom. The molecule has 4 nitrogen and oxygen atoms in total. The van der Waals surface area contributed by atoms with Gasteiger partial charge in [0.1, 0.15) is 5.75 Å². The summed E-state index contributed by atoms with van der Waals surface area (Å²) in [4.78, 5) is 14.8. The van der Waals surface area contributed by atoms with Crippen LogP contribution in [0, 0.1) is 5.41 Å². The van der Waals surface area contributed by atoms with Crippen LogP contribution in [0.15, 0.2) is 24.3 Å². The van der Waals surface area contributed by atoms with E-state index in [0.717, 1.165) is 6.42 Å². The van der Waals surface area contributed by atoms with Crippen LogP contribution in [0.2, 0.25) is 0 Å². The van der Waals surface area contributed by atoms with Crippen LogP contribution in [-0.4, -0.2) is 48.0 Å². The Bertz CT molecular complexity index is 670. The maximum atomic E-state index is 13.1. The summed E-state index contributed by atoms with van der Waals surface area (Å²) < 4.78 is 41.4. The Labute approximate surface area is 161 Å². The zero-order valence-corrected chi connectivity index (χ0v) is 16.0. The zero-order valence-electron chi connectivity index (χ0n) is 15.2. The number of ether oxygens (including phenoxy) is 1. The third-order valence-corrected chi connectivity index (χ3v) is 6.44. The summed E-state index contributed by atoms with van der Waals surface area (Å²) in [5.41, 5.74) is -0.437. The van der Waals surface area contributed by atoms with Gasteiger partial charge in [-0.05, 0) is 62.6 Å². The number of carbonyl (C=O) groups excluding carboxylic acids is 1. The van der Waals surface area contributed by atoms with Crippen LogP contribution in [0.1, 0.15) is 32.1 Å². The van der Waals surface area contributed by atoms with Gasteiger partial charge in [0.05, 0.1) is 11.0 Å². The van der Waals surface area contributed by atoms with Gasteiger partial charge in [0.25, 0.3) is 0 Å². The van der Waals surface area contributed by atoms with Crippen molar-refractivity contribution < 1.29 is 27.8 Å². The number of rotatable bonds is 5. The first-order chi connectivity index (χ1) is 12.7. The molecule has 0 aromatic heterocycles. The lowest BCUT2D eigenvalue weighted by molar-refractivity contribution is -0.153. The van der Waals surface area contributed by atoms with Gasteiger partial charge in [-0.2, -0.15) is 24.9 Å². The summed E-state index contributed by atoms with van der Waals surface area (Å²) in [6.45, 7) is -0.750. The van der Waals surface area contributed by atoms with E-state index in [2.05, 4.69) is 0 Å². The lowest BCUT2D eigenvalue weighted by Crippen LogP contribution is -2.44. The molecule has 1 aromatic carbocycles. The van der Waals surface area contributed by atoms with Crippen molar-refractivity contribution in [2.45, 2.75) is 43.9 Å². The largest absolute Gasteiger partial charge is 0.484 e. The van der Waals surface area contributed by atoms with Crippen molar-refractivity contribution in [3.05, 3.63) is 24.3 Å². The number of anilines is 1. The van der Waals surface area contributed by atoms with E-state index in [0.29, 0.717) is 43.7 Å². The number of hydrogen-bond acceptors (Lipinski definition) is 4. The molecule has 1 saturated carbocycles. The second kappa shape index (κ2) is 7.54. The number of amides is 1. The van der Waals surface area contributed by atoms with Crippen molar-refractivity contribution in [1.29, 1.82) is 0 Å². The molecule has 150 valence electrons. The molecule has 0 atom stereocenters. The predicted octanol–water partition coefficient (Wildman–Crippen LogP) is 4.02. The normalized spacial score (nSPS) is 28.8. The fraction of sp³-hybridized carbons (Fsp3) is 0.632. The molecule has 2 aliphatic rings. The van der Waals surface area contributed by atoms with Crippen molar-refractivity contribution >= 4 is 23.4 Å². The first-order valence-electron chi connectivity index (χ1n) is 8.99. The Morgan fingerprint density at radius 3 is 2.33 bits per heavy atom. The first-order valence-corrected chi connectivity index (χ1v) is 10.4. The second-order valence-electron chi connectivity index (χ2n) is 7.54. The fourth-order valence-corrected chi connectivity index (χ4v) is 4.85. The van der Waals surface area contributed by atoms with Crippen LogP contribution in [0.3, 0.4) is 0 Å². The lowest BCUT2D eigenvalue weighted by Gasteiger charge is -2.40. The van der Waals surface area contributed by atoms with E-state index in [1.165, 1.54) is 12.1 Å². The maximum absolute atomic E-state index is 13.1. The van der Waals surface area contributed by atoms with Gasteiger partial charge in [0.2, 0.25) is 5.91 Å². The highest BCUT2D eigenvalue weighted by molar-refractivity contribution is 7.98. The van der Waals surface area contributed by atoms with E-state index in [4.69, 9.17) is 4.74 Å². The average Bonchev–Trinajstić information content (AvgIpc) is 2.93. The smallest absolute Gasteiger partial charge is 0.422 e. The van der Waals surface area contributed by atoms with Crippen LogP contribution < -0.4 is 9.64 Å². The number of benzene rings is 1. The van der Waals surface area contributed by atoms with E-state index in [1.54, 1.807) is 28.8 Å². The summed E-state index contributed by atoms with van der Waals surface area (Å²) in [6.07, 6.45) is 0.920. The molecule has 0 unspecified atom stereocenters. The van der Waals surface area contributed by atoms with Gasteiger partial charge in [-0.25, -0.2) is 0 Å². The van der Waals surface area contributed by atoms with Crippen LogP contribution in [0.4, 0.5) is 18.9 Å². The minimum Gasteiger partial charge on any atom is -0.484 e. The Morgan fingerprint density at radius 2 is 1.78 bits per heavy atom. The van der Waals surface area contributed by atoms with Crippen LogP contribution in [0.25, 0.3) is 0 Å². The van der Waals surface area contributed by atoms with Crippen molar-refractivity contribution in [2.75, 3.05) is 30.1 Å². The van der Waals surface area contributed by atoms with E-state index < -0.39 is 23.8 Å². The van der Waals surface area contributed by atoms with Gasteiger partial charge in [0, 0.05) is 18.0 Å². The molecular weight excluding hydrogens is 379 g/mol. The molecule has 0 bridgehead atoms. The molecule has 1 aliphatic heterocycles. The van der Waals surface area contributed by atoms with Gasteiger partial charge < -0.3 is 14.7 Å². The highest BCUT2D eigenvalue weighted by Crippen LogP contribution is 2.49. The minimum absolute atomic E-state index is 0.0534. The third kappa shape index (κ3) is 4.54. The molecule has 27 heavy (non-hydrogen) atoms. The van der Waals surface area contributed by atoms with Gasteiger partial charge in [-0.15, -0.1) is 0 Å². The number of halogens is 3. The Hall–Kier alpha value is -1.41. The SMILES string of the molecule is CSC[C@]1(O)CC[C@]2(CCN(c3ccc(OCC(F)(F)F)cc3)C2=O)CC1. The molecule has 2 fully saturated rings. The number of aliphatic hydroxyl groups is 1. The molecular formula is C19H24F3NO3S. The van der Waals surface area contributed by atoms with Gasteiger partial charge in [-0.1, -0.05) is 0 Å². The topological polar surface area (TPSA) is 49.8 Å². The number of alkyl halides is 3. The molecule has 1 heterocycles. The summed E-state index contributed by atoms with van der Waals surface area (Å²) in [7, 11) is 0. The standard InChI is InChI=1S/C19H24F3NO3S/c1-27-13-18(25)8-6-17(7-9-18)10-11-23(16(17)24)14-2-4-15(5-3-14)26-12-19(20,21)22/h2-5,25H,6-13H2,1H3/t17-,18+. The van der Waals surface area contributed by atoms with E-state index in [9.17, 15) is 23.1 Å².